The van der Waals surface area contributed by atoms with Crippen LogP contribution >= 0.6 is 0 Å². The number of piperazine rings is 1. The molecule has 7 aliphatic carbocycles. The molecule has 16 fully saturated rings. The van der Waals surface area contributed by atoms with Crippen LogP contribution < -0.4 is 0 Å². The summed E-state index contributed by atoms with van der Waals surface area (Å²) in [5.41, 5.74) is 10.7. The lowest BCUT2D eigenvalue weighted by Crippen LogP contribution is -2.66. The van der Waals surface area contributed by atoms with E-state index in [1.165, 1.54) is 187 Å². The first-order chi connectivity index (χ1) is 60.1. The number of rotatable bonds is 0. The van der Waals surface area contributed by atoms with Crippen LogP contribution in [-0.4, -0.2) is 155 Å². The van der Waals surface area contributed by atoms with Crippen LogP contribution in [0.5, 0.6) is 0 Å². The van der Waals surface area contributed by atoms with E-state index < -0.39 is 0 Å². The predicted molar refractivity (Wildman–Crippen MR) is 605 cm³/mol. The molecular formula is C125H259N5O3. The van der Waals surface area contributed by atoms with Gasteiger partial charge < -0.3 is 14.2 Å². The molecule has 0 radical (unpaired) electrons. The quantitative estimate of drug-likeness (QED) is 0.222. The third-order valence-electron chi connectivity index (χ3n) is 35.4. The fraction of sp³-hybridized carbons (Fsp3) is 0.984. The normalized spacial score (nSPS) is 29.6. The zero-order valence-corrected chi connectivity index (χ0v) is 104. The second-order valence-electron chi connectivity index (χ2n) is 57.9. The van der Waals surface area contributed by atoms with Crippen molar-refractivity contribution in [3.8, 4) is 0 Å². The van der Waals surface area contributed by atoms with Crippen molar-refractivity contribution >= 4 is 0 Å². The van der Waals surface area contributed by atoms with Crippen molar-refractivity contribution in [1.29, 1.82) is 0 Å². The Labute approximate surface area is 843 Å². The lowest BCUT2D eigenvalue weighted by atomic mass is 9.42. The van der Waals surface area contributed by atoms with E-state index in [4.69, 9.17) is 14.2 Å². The SMILES string of the molecule is CC.CC.CC.CC.CC.CC.CC.CC.CC(C)(C)C12CCC(C(C)(C)C)(CC1)CC2.CC(C)(C)C12CCC(C(C)(C)C)(CC1)OC2.CC(C)(C)C12CCC(C(C)(C)C)(CC1)OC2.CC(C)(C)C1=CCN(C(C)(C)C)CC1.CC(C)(C)C1C2CC1CN(C(C)(C)C)C2.CC(C)(C)C1CCC(C(C)(C)C)OC1.CC(C)(C)N1CCN(C(C)(C)C)CC1.CC1CC2(C1)CN(C(C)(C)C)C2. The summed E-state index contributed by atoms with van der Waals surface area (Å²) in [6.45, 7) is 156. The lowest BCUT2D eigenvalue weighted by molar-refractivity contribution is -0.249. The van der Waals surface area contributed by atoms with Crippen molar-refractivity contribution in [2.45, 2.75) is 603 Å². The number of likely N-dealkylation sites (tertiary alicyclic amines) is 1. The fourth-order valence-corrected chi connectivity index (χ4v) is 24.6. The van der Waals surface area contributed by atoms with E-state index in [9.17, 15) is 0 Å². The Hall–Kier alpha value is -0.580. The zero-order valence-electron chi connectivity index (χ0n) is 104. The molecule has 17 aliphatic rings. The van der Waals surface area contributed by atoms with Crippen molar-refractivity contribution in [1.82, 2.24) is 24.5 Å². The van der Waals surface area contributed by atoms with E-state index in [2.05, 4.69) is 349 Å². The average Bonchev–Trinajstić information content (AvgIpc) is 0.712. The molecule has 7 saturated carbocycles. The van der Waals surface area contributed by atoms with Crippen LogP contribution in [0.3, 0.4) is 0 Å². The van der Waals surface area contributed by atoms with Crippen LogP contribution in [-0.2, 0) is 14.2 Å². The van der Waals surface area contributed by atoms with E-state index in [1.54, 1.807) is 5.57 Å². The average molecular weight is 1880 g/mol. The molecule has 8 nitrogen and oxygen atoms in total. The van der Waals surface area contributed by atoms with Gasteiger partial charge in [0, 0.05) is 93.1 Å². The Kier molecular flexibility index (Phi) is 54.9. The van der Waals surface area contributed by atoms with Crippen molar-refractivity contribution < 1.29 is 14.2 Å². The number of hydrogen-bond acceptors (Lipinski definition) is 8. The van der Waals surface area contributed by atoms with Crippen LogP contribution in [0.1, 0.15) is 558 Å². The molecule has 802 valence electrons. The molecule has 9 saturated heterocycles. The summed E-state index contributed by atoms with van der Waals surface area (Å²) < 4.78 is 18.7. The Bertz CT molecular complexity index is 2670. The minimum atomic E-state index is 0.167. The van der Waals surface area contributed by atoms with Gasteiger partial charge in [-0.3, -0.25) is 24.5 Å². The van der Waals surface area contributed by atoms with Gasteiger partial charge in [-0.25, -0.2) is 0 Å². The van der Waals surface area contributed by atoms with Crippen LogP contribution in [0.4, 0.5) is 0 Å². The standard InChI is InChI=1S/C16H30.2C15H28O.C14H27N.C13H25N.C13H26O.C12H26N2.C11H21N.8C2H6/c1-13(2,3)15-7-10-16(11-8-15,12-9-15)14(4,5)6;2*1-12(2,3)14-7-9-15(10-8-14,16-11-14)13(4,5)6;1-13(2,3)12-10-7-11(12)9-15(8-10)14(4,5)6;1-12(2,3)11-7-9-14(10-8-11)13(4,5)6;1-12(2,3)10-7-8-11(14-9-10)13(4,5)6;1-11(2,3)13-7-9-14(10-8-13)12(4,5)6;1-9-5-11(6-9)7-12(8-11)10(2,3)4;8*1-2/h7-12H2,1-6H3;2*7-11H2,1-6H3;10-12H,7-9H2,1-6H3;7H,8-10H2,1-6H3;10-11H,7-9H2,1-6H3;7-10H2,1-6H3;9H,5-8H2,1-4H3;8*1-2H3. The van der Waals surface area contributed by atoms with Crippen LogP contribution in [0.15, 0.2) is 11.6 Å². The maximum absolute atomic E-state index is 6.36. The van der Waals surface area contributed by atoms with Crippen molar-refractivity contribution in [2.75, 3.05) is 85.3 Å². The summed E-state index contributed by atoms with van der Waals surface area (Å²) in [6.07, 6.45) is 30.5. The van der Waals surface area contributed by atoms with Crippen molar-refractivity contribution in [2.24, 2.45) is 111 Å². The Balaban J connectivity index is -0.00000142. The highest BCUT2D eigenvalue weighted by Gasteiger charge is 2.62. The third kappa shape index (κ3) is 38.1. The van der Waals surface area contributed by atoms with Gasteiger partial charge in [-0.1, -0.05) is 337 Å². The Morgan fingerprint density at radius 1 is 0.301 bits per heavy atom. The van der Waals surface area contributed by atoms with Gasteiger partial charge in [-0.05, 0) is 343 Å². The number of nitrogens with zero attached hydrogens (tertiary/aromatic N) is 5. The smallest absolute Gasteiger partial charge is 0.0731 e. The Morgan fingerprint density at radius 3 is 0.774 bits per heavy atom. The van der Waals surface area contributed by atoms with Crippen LogP contribution in [0.25, 0.3) is 0 Å². The summed E-state index contributed by atoms with van der Waals surface area (Å²) in [6, 6.07) is 0. The van der Waals surface area contributed by atoms with E-state index in [1.807, 2.05) is 111 Å². The van der Waals surface area contributed by atoms with Crippen molar-refractivity contribution in [3.63, 3.8) is 0 Å². The maximum atomic E-state index is 6.36. The summed E-state index contributed by atoms with van der Waals surface area (Å²) in [5, 5.41) is 0. The fourth-order valence-electron chi connectivity index (χ4n) is 24.6. The van der Waals surface area contributed by atoms with Gasteiger partial charge in [-0.2, -0.15) is 0 Å². The maximum Gasteiger partial charge on any atom is 0.0731 e. The van der Waals surface area contributed by atoms with Gasteiger partial charge >= 0.3 is 0 Å². The molecule has 10 heterocycles. The van der Waals surface area contributed by atoms with E-state index in [-0.39, 0.29) is 22.0 Å². The summed E-state index contributed by atoms with van der Waals surface area (Å²) in [4.78, 5) is 13.0. The van der Waals surface area contributed by atoms with Crippen LogP contribution in [0, 0.1) is 111 Å². The first-order valence-electron chi connectivity index (χ1n) is 57.4. The molecule has 4 atom stereocenters. The molecular weight excluding hydrogens is 1620 g/mol. The van der Waals surface area contributed by atoms with E-state index >= 15 is 0 Å². The monoisotopic (exact) mass is 1880 g/mol. The van der Waals surface area contributed by atoms with Gasteiger partial charge in [0.05, 0.1) is 37.1 Å². The van der Waals surface area contributed by atoms with Gasteiger partial charge in [0.2, 0.25) is 0 Å². The predicted octanol–water partition coefficient (Wildman–Crippen LogP) is 37.9. The first-order valence-corrected chi connectivity index (χ1v) is 57.4. The van der Waals surface area contributed by atoms with Crippen LogP contribution in [0.2, 0.25) is 0 Å². The van der Waals surface area contributed by atoms with E-state index in [0.717, 1.165) is 61.4 Å². The summed E-state index contributed by atoms with van der Waals surface area (Å²) in [7, 11) is 0. The molecule has 0 N–H and O–H groups in total. The molecule has 17 rings (SSSR count). The topological polar surface area (TPSA) is 43.9 Å². The molecule has 8 bridgehead atoms. The number of piperidine rings is 2. The van der Waals surface area contributed by atoms with Gasteiger partial charge in [0.15, 0.2) is 0 Å². The number of fused-ring (bicyclic) bond motifs is 11. The minimum Gasteiger partial charge on any atom is -0.377 e. The molecule has 4 unspecified atom stereocenters. The summed E-state index contributed by atoms with van der Waals surface area (Å²) >= 11 is 0. The lowest BCUT2D eigenvalue weighted by Gasteiger charge is -2.62. The number of hydrogen-bond donors (Lipinski definition) is 0. The molecule has 0 amide bonds. The molecule has 0 aromatic carbocycles. The molecule has 1 spiro atoms. The zero-order chi connectivity index (χ0) is 106. The van der Waals surface area contributed by atoms with Crippen molar-refractivity contribution in [3.05, 3.63) is 11.6 Å². The first kappa shape index (κ1) is 137. The summed E-state index contributed by atoms with van der Waals surface area (Å²) in [5.74, 6) is 4.68. The third-order valence-corrected chi connectivity index (χ3v) is 35.4. The molecule has 10 aliphatic heterocycles. The highest BCUT2D eigenvalue weighted by Crippen LogP contribution is 2.69. The molecule has 0 aromatic heterocycles. The second-order valence-corrected chi connectivity index (χ2v) is 57.9. The largest absolute Gasteiger partial charge is 0.377 e. The van der Waals surface area contributed by atoms with E-state index in [0.29, 0.717) is 98.8 Å². The highest BCUT2D eigenvalue weighted by atomic mass is 16.5. The molecule has 0 aromatic rings. The van der Waals surface area contributed by atoms with Gasteiger partial charge in [0.25, 0.3) is 0 Å². The number of ether oxygens (including phenoxy) is 3. The highest BCUT2D eigenvalue weighted by molar-refractivity contribution is 5.16. The minimum absolute atomic E-state index is 0.167. The Morgan fingerprint density at radius 2 is 0.586 bits per heavy atom. The molecule has 8 heteroatoms. The second kappa shape index (κ2) is 53.5. The van der Waals surface area contributed by atoms with Gasteiger partial charge in [-0.15, -0.1) is 0 Å². The molecule has 133 heavy (non-hydrogen) atoms. The van der Waals surface area contributed by atoms with Gasteiger partial charge in [0.1, 0.15) is 0 Å².